The van der Waals surface area contributed by atoms with Gasteiger partial charge in [-0.05, 0) is 18.9 Å². The lowest BCUT2D eigenvalue weighted by Crippen LogP contribution is -2.40. The second kappa shape index (κ2) is 6.72. The molecule has 0 amide bonds. The van der Waals surface area contributed by atoms with Crippen LogP contribution in [-0.2, 0) is 19.7 Å². The minimum absolute atomic E-state index is 0.126. The first kappa shape index (κ1) is 17.5. The third-order valence-corrected chi connectivity index (χ3v) is 4.08. The molecule has 1 unspecified atom stereocenters. The van der Waals surface area contributed by atoms with Crippen molar-refractivity contribution in [1.82, 2.24) is 9.13 Å². The van der Waals surface area contributed by atoms with Crippen LogP contribution in [0.4, 0.5) is 5.82 Å². The molecule has 7 heteroatoms. The van der Waals surface area contributed by atoms with Gasteiger partial charge in [-0.15, -0.1) is 0 Å². The first-order chi connectivity index (χ1) is 11.3. The summed E-state index contributed by atoms with van der Waals surface area (Å²) in [6.45, 7) is 1.98. The van der Waals surface area contributed by atoms with E-state index in [-0.39, 0.29) is 17.9 Å². The van der Waals surface area contributed by atoms with Crippen LogP contribution in [-0.4, -0.2) is 20.8 Å². The highest BCUT2D eigenvalue weighted by Crippen LogP contribution is 2.24. The average molecular weight is 328 g/mol. The summed E-state index contributed by atoms with van der Waals surface area (Å²) in [6, 6.07) is 11.0. The van der Waals surface area contributed by atoms with Gasteiger partial charge >= 0.3 is 5.69 Å². The van der Waals surface area contributed by atoms with Crippen LogP contribution in [0.5, 0.6) is 0 Å². The Labute approximate surface area is 139 Å². The molecule has 0 saturated heterocycles. The van der Waals surface area contributed by atoms with Crippen LogP contribution >= 0.6 is 0 Å². The van der Waals surface area contributed by atoms with E-state index in [0.29, 0.717) is 6.42 Å². The average Bonchev–Trinajstić information content (AvgIpc) is 2.58. The highest BCUT2D eigenvalue weighted by atomic mass is 16.3. The largest absolute Gasteiger partial charge is 0.385 e. The molecule has 24 heavy (non-hydrogen) atoms. The van der Waals surface area contributed by atoms with E-state index in [1.165, 1.54) is 18.7 Å². The first-order valence-electron chi connectivity index (χ1n) is 7.51. The zero-order chi connectivity index (χ0) is 17.9. The van der Waals surface area contributed by atoms with Gasteiger partial charge < -0.3 is 10.4 Å². The SMILES string of the molecule is Cn1c(NCCC(C)(O)c2ccccc2)c(C#N)c(=O)n(C)c1=O. The zero-order valence-corrected chi connectivity index (χ0v) is 13.9. The summed E-state index contributed by atoms with van der Waals surface area (Å²) in [6.07, 6.45) is 0.339. The van der Waals surface area contributed by atoms with E-state index in [9.17, 15) is 20.0 Å². The van der Waals surface area contributed by atoms with Crippen molar-refractivity contribution in [2.45, 2.75) is 18.9 Å². The molecule has 0 aliphatic heterocycles. The number of nitriles is 1. The topological polar surface area (TPSA) is 100 Å². The number of anilines is 1. The summed E-state index contributed by atoms with van der Waals surface area (Å²) < 4.78 is 2.11. The van der Waals surface area contributed by atoms with Gasteiger partial charge in [-0.2, -0.15) is 5.26 Å². The van der Waals surface area contributed by atoms with E-state index >= 15 is 0 Å². The maximum absolute atomic E-state index is 12.0. The van der Waals surface area contributed by atoms with Gasteiger partial charge in [-0.25, -0.2) is 4.79 Å². The number of benzene rings is 1. The van der Waals surface area contributed by atoms with Gasteiger partial charge in [0.25, 0.3) is 5.56 Å². The predicted molar refractivity (Wildman–Crippen MR) is 90.8 cm³/mol. The lowest BCUT2D eigenvalue weighted by Gasteiger charge is -2.24. The first-order valence-corrected chi connectivity index (χ1v) is 7.51. The highest BCUT2D eigenvalue weighted by Gasteiger charge is 2.23. The van der Waals surface area contributed by atoms with Crippen LogP contribution in [0.25, 0.3) is 0 Å². The van der Waals surface area contributed by atoms with Gasteiger partial charge in [0.05, 0.1) is 5.60 Å². The molecule has 2 rings (SSSR count). The van der Waals surface area contributed by atoms with Crippen LogP contribution in [0.1, 0.15) is 24.5 Å². The molecule has 0 spiro atoms. The minimum atomic E-state index is -1.07. The third-order valence-electron chi connectivity index (χ3n) is 4.08. The molecule has 0 aliphatic carbocycles. The van der Waals surface area contributed by atoms with Gasteiger partial charge in [0, 0.05) is 20.6 Å². The smallest absolute Gasteiger partial charge is 0.332 e. The van der Waals surface area contributed by atoms with Gasteiger partial charge in [0.15, 0.2) is 5.56 Å². The van der Waals surface area contributed by atoms with E-state index in [1.807, 2.05) is 36.4 Å². The third kappa shape index (κ3) is 3.24. The van der Waals surface area contributed by atoms with E-state index in [1.54, 1.807) is 6.92 Å². The van der Waals surface area contributed by atoms with Crippen molar-refractivity contribution in [3.63, 3.8) is 0 Å². The molecule has 0 aliphatic rings. The standard InChI is InChI=1S/C17H20N4O3/c1-17(24,12-7-5-4-6-8-12)9-10-19-14-13(11-18)15(22)21(3)16(23)20(14)2/h4-8,19,24H,9-10H2,1-3H3. The highest BCUT2D eigenvalue weighted by molar-refractivity contribution is 5.51. The van der Waals surface area contributed by atoms with Crippen molar-refractivity contribution in [3.8, 4) is 6.07 Å². The molecule has 0 radical (unpaired) electrons. The molecule has 1 aromatic carbocycles. The monoisotopic (exact) mass is 328 g/mol. The number of aliphatic hydroxyl groups is 1. The fraction of sp³-hybridized carbons (Fsp3) is 0.353. The summed E-state index contributed by atoms with van der Waals surface area (Å²) in [5.74, 6) is 0.162. The quantitative estimate of drug-likeness (QED) is 0.840. The van der Waals surface area contributed by atoms with Crippen molar-refractivity contribution in [2.24, 2.45) is 14.1 Å². The van der Waals surface area contributed by atoms with Gasteiger partial charge in [0.1, 0.15) is 11.9 Å². The number of rotatable bonds is 5. The predicted octanol–water partition coefficient (Wildman–Crippen LogP) is 0.665. The van der Waals surface area contributed by atoms with Crippen molar-refractivity contribution >= 4 is 5.82 Å². The Hall–Kier alpha value is -2.85. The molecule has 126 valence electrons. The Morgan fingerprint density at radius 1 is 1.21 bits per heavy atom. The number of aromatic nitrogens is 2. The zero-order valence-electron chi connectivity index (χ0n) is 13.9. The lowest BCUT2D eigenvalue weighted by molar-refractivity contribution is 0.0515. The van der Waals surface area contributed by atoms with Gasteiger partial charge in [-0.1, -0.05) is 30.3 Å². The van der Waals surface area contributed by atoms with E-state index < -0.39 is 16.9 Å². The van der Waals surface area contributed by atoms with E-state index in [0.717, 1.165) is 10.1 Å². The Bertz CT molecular complexity index is 889. The number of nitrogens with one attached hydrogen (secondary N) is 1. The summed E-state index contributed by atoms with van der Waals surface area (Å²) in [7, 11) is 2.82. The normalized spacial score (nSPS) is 13.1. The van der Waals surface area contributed by atoms with Gasteiger partial charge in [-0.3, -0.25) is 13.9 Å². The fourth-order valence-electron chi connectivity index (χ4n) is 2.52. The van der Waals surface area contributed by atoms with Gasteiger partial charge in [0.2, 0.25) is 0 Å². The van der Waals surface area contributed by atoms with Crippen LogP contribution in [0, 0.1) is 11.3 Å². The molecule has 1 heterocycles. The molecule has 1 aromatic heterocycles. The second-order valence-corrected chi connectivity index (χ2v) is 5.86. The van der Waals surface area contributed by atoms with E-state index in [2.05, 4.69) is 5.32 Å². The van der Waals surface area contributed by atoms with Crippen LogP contribution < -0.4 is 16.6 Å². The number of hydrogen-bond donors (Lipinski definition) is 2. The Balaban J connectivity index is 2.24. The molecule has 0 fully saturated rings. The summed E-state index contributed by atoms with van der Waals surface area (Å²) in [4.78, 5) is 24.0. The summed E-state index contributed by atoms with van der Waals surface area (Å²) in [5.41, 5.74) is -1.59. The van der Waals surface area contributed by atoms with Crippen LogP contribution in [0.15, 0.2) is 39.9 Å². The summed E-state index contributed by atoms with van der Waals surface area (Å²) in [5, 5.41) is 22.7. The Kier molecular flexibility index (Phi) is 4.90. The lowest BCUT2D eigenvalue weighted by atomic mass is 9.93. The number of hydrogen-bond acceptors (Lipinski definition) is 5. The fourth-order valence-corrected chi connectivity index (χ4v) is 2.52. The molecular formula is C17H20N4O3. The molecule has 2 N–H and O–H groups in total. The molecule has 0 bridgehead atoms. The molecule has 2 aromatic rings. The molecule has 0 saturated carbocycles. The summed E-state index contributed by atoms with van der Waals surface area (Å²) >= 11 is 0. The Morgan fingerprint density at radius 2 is 1.83 bits per heavy atom. The Morgan fingerprint density at radius 3 is 2.42 bits per heavy atom. The van der Waals surface area contributed by atoms with Crippen molar-refractivity contribution in [3.05, 3.63) is 62.3 Å². The van der Waals surface area contributed by atoms with Crippen LogP contribution in [0.3, 0.4) is 0 Å². The molecule has 1 atom stereocenters. The van der Waals surface area contributed by atoms with Crippen molar-refractivity contribution in [2.75, 3.05) is 11.9 Å². The number of nitrogens with zero attached hydrogens (tertiary/aromatic N) is 3. The molecular weight excluding hydrogens is 308 g/mol. The van der Waals surface area contributed by atoms with E-state index in [4.69, 9.17) is 0 Å². The maximum Gasteiger partial charge on any atom is 0.332 e. The maximum atomic E-state index is 12.0. The van der Waals surface area contributed by atoms with Crippen LogP contribution in [0.2, 0.25) is 0 Å². The molecule has 7 nitrogen and oxygen atoms in total. The van der Waals surface area contributed by atoms with Crippen molar-refractivity contribution < 1.29 is 5.11 Å². The minimum Gasteiger partial charge on any atom is -0.385 e. The second-order valence-electron chi connectivity index (χ2n) is 5.86. The van der Waals surface area contributed by atoms with Crippen molar-refractivity contribution in [1.29, 1.82) is 5.26 Å².